The molecule has 0 unspecified atom stereocenters. The molecule has 0 spiro atoms. The lowest BCUT2D eigenvalue weighted by molar-refractivity contribution is -0.120. The Morgan fingerprint density at radius 3 is 2.71 bits per heavy atom. The van der Waals surface area contributed by atoms with E-state index in [1.54, 1.807) is 0 Å². The molecule has 0 saturated heterocycles. The van der Waals surface area contributed by atoms with Crippen molar-refractivity contribution < 1.29 is 4.79 Å². The van der Waals surface area contributed by atoms with Crippen LogP contribution in [0.25, 0.3) is 0 Å². The molecule has 1 aromatic rings. The molecule has 1 aliphatic rings. The van der Waals surface area contributed by atoms with E-state index in [0.29, 0.717) is 0 Å². The molecule has 1 amide bonds. The van der Waals surface area contributed by atoms with Gasteiger partial charge >= 0.3 is 0 Å². The highest BCUT2D eigenvalue weighted by molar-refractivity contribution is 5.78. The van der Waals surface area contributed by atoms with Gasteiger partial charge in [-0.1, -0.05) is 45.0 Å². The third-order valence-corrected chi connectivity index (χ3v) is 4.57. The standard InChI is InChI=1S/C19H28N4O/c1-19(2,3)17(22-12-18(24)21-10-9-20)14-23-11-8-15-6-4-5-7-16(15)13-23/h4-7,17,22H,8,10-14H2,1-3H3,(H,21,24)/t17-/m0/s1. The summed E-state index contributed by atoms with van der Waals surface area (Å²) >= 11 is 0. The molecule has 1 heterocycles. The number of amides is 1. The highest BCUT2D eigenvalue weighted by atomic mass is 16.1. The van der Waals surface area contributed by atoms with Crippen LogP contribution in [0, 0.1) is 16.7 Å². The number of nitrogens with zero attached hydrogens (tertiary/aromatic N) is 2. The number of hydrogen-bond acceptors (Lipinski definition) is 4. The summed E-state index contributed by atoms with van der Waals surface area (Å²) in [4.78, 5) is 14.2. The summed E-state index contributed by atoms with van der Waals surface area (Å²) in [5, 5.41) is 14.5. The highest BCUT2D eigenvalue weighted by Gasteiger charge is 2.28. The molecule has 1 atom stereocenters. The SMILES string of the molecule is CC(C)(C)[C@H](CN1CCc2ccccc2C1)NCC(=O)NCC#N. The molecule has 2 rings (SSSR count). The molecular formula is C19H28N4O. The third-order valence-electron chi connectivity index (χ3n) is 4.57. The summed E-state index contributed by atoms with van der Waals surface area (Å²) in [7, 11) is 0. The minimum atomic E-state index is -0.130. The van der Waals surface area contributed by atoms with E-state index in [-0.39, 0.29) is 30.5 Å². The first-order chi connectivity index (χ1) is 11.4. The first-order valence-corrected chi connectivity index (χ1v) is 8.56. The fourth-order valence-corrected chi connectivity index (χ4v) is 3.03. The van der Waals surface area contributed by atoms with Gasteiger partial charge in [0.2, 0.25) is 5.91 Å². The van der Waals surface area contributed by atoms with Crippen LogP contribution in [-0.2, 0) is 17.8 Å². The summed E-state index contributed by atoms with van der Waals surface area (Å²) < 4.78 is 0. The fourth-order valence-electron chi connectivity index (χ4n) is 3.03. The topological polar surface area (TPSA) is 68.2 Å². The summed E-state index contributed by atoms with van der Waals surface area (Å²) in [5.41, 5.74) is 2.90. The normalized spacial score (nSPS) is 16.1. The number of fused-ring (bicyclic) bond motifs is 1. The van der Waals surface area contributed by atoms with Gasteiger partial charge in [-0.2, -0.15) is 5.26 Å². The Hall–Kier alpha value is -1.90. The average Bonchev–Trinajstić information content (AvgIpc) is 2.55. The van der Waals surface area contributed by atoms with E-state index in [1.807, 2.05) is 6.07 Å². The zero-order valence-corrected chi connectivity index (χ0v) is 14.9. The number of carbonyl (C=O) groups is 1. The molecule has 0 aliphatic carbocycles. The third kappa shape index (κ3) is 5.33. The lowest BCUT2D eigenvalue weighted by Gasteiger charge is -2.38. The molecule has 0 aromatic heterocycles. The van der Waals surface area contributed by atoms with Gasteiger partial charge in [0.15, 0.2) is 0 Å². The molecule has 24 heavy (non-hydrogen) atoms. The van der Waals surface area contributed by atoms with Gasteiger partial charge in [0, 0.05) is 25.7 Å². The largest absolute Gasteiger partial charge is 0.342 e. The maximum absolute atomic E-state index is 11.8. The summed E-state index contributed by atoms with van der Waals surface area (Å²) in [6.07, 6.45) is 1.08. The van der Waals surface area contributed by atoms with Crippen LogP contribution in [0.1, 0.15) is 31.9 Å². The van der Waals surface area contributed by atoms with Gasteiger partial charge < -0.3 is 10.6 Å². The van der Waals surface area contributed by atoms with Crippen LogP contribution in [0.3, 0.4) is 0 Å². The van der Waals surface area contributed by atoms with Crippen LogP contribution in [0.2, 0.25) is 0 Å². The van der Waals surface area contributed by atoms with Gasteiger partial charge in [-0.3, -0.25) is 9.69 Å². The van der Waals surface area contributed by atoms with Crippen molar-refractivity contribution in [2.24, 2.45) is 5.41 Å². The van der Waals surface area contributed by atoms with Crippen molar-refractivity contribution in [3.63, 3.8) is 0 Å². The maximum atomic E-state index is 11.8. The number of nitriles is 1. The zero-order chi connectivity index (χ0) is 17.6. The van der Waals surface area contributed by atoms with Crippen molar-refractivity contribution in [2.45, 2.75) is 39.8 Å². The van der Waals surface area contributed by atoms with Crippen molar-refractivity contribution in [2.75, 3.05) is 26.2 Å². The van der Waals surface area contributed by atoms with Crippen LogP contribution in [0.15, 0.2) is 24.3 Å². The summed E-state index contributed by atoms with van der Waals surface area (Å²) in [5.74, 6) is -0.130. The minimum Gasteiger partial charge on any atom is -0.342 e. The predicted molar refractivity (Wildman–Crippen MR) is 95.3 cm³/mol. The Morgan fingerprint density at radius 2 is 2.04 bits per heavy atom. The number of benzene rings is 1. The highest BCUT2D eigenvalue weighted by Crippen LogP contribution is 2.23. The second-order valence-electron chi connectivity index (χ2n) is 7.49. The molecule has 0 saturated carbocycles. The van der Waals surface area contributed by atoms with Gasteiger partial charge in [0.25, 0.3) is 0 Å². The van der Waals surface area contributed by atoms with Crippen molar-refractivity contribution in [1.29, 1.82) is 5.26 Å². The quantitative estimate of drug-likeness (QED) is 0.780. The van der Waals surface area contributed by atoms with E-state index in [4.69, 9.17) is 5.26 Å². The van der Waals surface area contributed by atoms with E-state index in [9.17, 15) is 4.79 Å². The van der Waals surface area contributed by atoms with Crippen molar-refractivity contribution in [3.05, 3.63) is 35.4 Å². The Morgan fingerprint density at radius 1 is 1.33 bits per heavy atom. The van der Waals surface area contributed by atoms with E-state index < -0.39 is 0 Å². The molecular weight excluding hydrogens is 300 g/mol. The Kier molecular flexibility index (Phi) is 6.36. The van der Waals surface area contributed by atoms with Crippen molar-refractivity contribution >= 4 is 5.91 Å². The molecule has 5 nitrogen and oxygen atoms in total. The minimum absolute atomic E-state index is 0.0481. The van der Waals surface area contributed by atoms with Gasteiger partial charge in [-0.05, 0) is 23.0 Å². The van der Waals surface area contributed by atoms with Crippen molar-refractivity contribution in [3.8, 4) is 6.07 Å². The number of carbonyl (C=O) groups excluding carboxylic acids is 1. The molecule has 1 aromatic carbocycles. The molecule has 0 fully saturated rings. The molecule has 5 heteroatoms. The lowest BCUT2D eigenvalue weighted by Crippen LogP contribution is -2.52. The summed E-state index contributed by atoms with van der Waals surface area (Å²) in [6.45, 7) is 9.79. The van der Waals surface area contributed by atoms with Crippen molar-refractivity contribution in [1.82, 2.24) is 15.5 Å². The molecule has 2 N–H and O–H groups in total. The van der Waals surface area contributed by atoms with Gasteiger partial charge in [-0.25, -0.2) is 0 Å². The lowest BCUT2D eigenvalue weighted by atomic mass is 9.85. The molecule has 0 bridgehead atoms. The van der Waals surface area contributed by atoms with Crippen LogP contribution in [-0.4, -0.2) is 43.0 Å². The second kappa shape index (κ2) is 8.27. The number of nitrogens with one attached hydrogen (secondary N) is 2. The van der Waals surface area contributed by atoms with E-state index in [0.717, 1.165) is 26.1 Å². The Bertz CT molecular complexity index is 600. The van der Waals surface area contributed by atoms with Gasteiger partial charge in [-0.15, -0.1) is 0 Å². The number of rotatable bonds is 6. The summed E-state index contributed by atoms with van der Waals surface area (Å²) in [6, 6.07) is 10.8. The first kappa shape index (κ1) is 18.4. The second-order valence-corrected chi connectivity index (χ2v) is 7.49. The maximum Gasteiger partial charge on any atom is 0.234 e. The van der Waals surface area contributed by atoms with E-state index >= 15 is 0 Å². The average molecular weight is 328 g/mol. The zero-order valence-electron chi connectivity index (χ0n) is 14.9. The molecule has 130 valence electrons. The van der Waals surface area contributed by atoms with Crippen LogP contribution in [0.4, 0.5) is 0 Å². The van der Waals surface area contributed by atoms with Crippen LogP contribution in [0.5, 0.6) is 0 Å². The van der Waals surface area contributed by atoms with E-state index in [1.165, 1.54) is 11.1 Å². The van der Waals surface area contributed by atoms with Gasteiger partial charge in [0.1, 0.15) is 6.54 Å². The van der Waals surface area contributed by atoms with E-state index in [2.05, 4.69) is 60.6 Å². The van der Waals surface area contributed by atoms with Crippen LogP contribution < -0.4 is 10.6 Å². The number of hydrogen-bond donors (Lipinski definition) is 2. The fraction of sp³-hybridized carbons (Fsp3) is 0.579. The Labute approximate surface area is 145 Å². The smallest absolute Gasteiger partial charge is 0.234 e. The first-order valence-electron chi connectivity index (χ1n) is 8.56. The van der Waals surface area contributed by atoms with Gasteiger partial charge in [0.05, 0.1) is 12.6 Å². The monoisotopic (exact) mass is 328 g/mol. The predicted octanol–water partition coefficient (Wildman–Crippen LogP) is 1.69. The van der Waals surface area contributed by atoms with Crippen LogP contribution >= 0.6 is 0 Å². The molecule has 1 aliphatic heterocycles. The molecule has 0 radical (unpaired) electrons. The Balaban J connectivity index is 1.93.